The van der Waals surface area contributed by atoms with E-state index in [0.717, 1.165) is 16.7 Å². The number of ether oxygens (including phenoxy) is 2. The average Bonchev–Trinajstić information content (AvgIpc) is 2.70. The van der Waals surface area contributed by atoms with Gasteiger partial charge in [0, 0.05) is 25.5 Å². The third-order valence-corrected chi connectivity index (χ3v) is 4.33. The Kier molecular flexibility index (Phi) is 9.19. The first-order valence-corrected chi connectivity index (χ1v) is 9.45. The van der Waals surface area contributed by atoms with Crippen LogP contribution in [0, 0.1) is 5.82 Å². The molecule has 0 aliphatic carbocycles. The predicted molar refractivity (Wildman–Crippen MR) is 108 cm³/mol. The first-order chi connectivity index (χ1) is 13.7. The molecule has 7 heteroatoms. The van der Waals surface area contributed by atoms with E-state index in [4.69, 9.17) is 21.1 Å². The molecule has 154 valence electrons. The summed E-state index contributed by atoms with van der Waals surface area (Å²) in [6, 6.07) is 13.9. The number of hydrogen-bond donors (Lipinski definition) is 1. The van der Waals surface area contributed by atoms with Crippen LogP contribution in [0.25, 0.3) is 0 Å². The summed E-state index contributed by atoms with van der Waals surface area (Å²) >= 11 is 6.45. The van der Waals surface area contributed by atoms with Gasteiger partial charge in [0.25, 0.3) is 0 Å². The van der Waals surface area contributed by atoms with E-state index >= 15 is 0 Å². The third-order valence-electron chi connectivity index (χ3n) is 4.05. The summed E-state index contributed by atoms with van der Waals surface area (Å²) in [6.45, 7) is 4.02. The quantitative estimate of drug-likeness (QED) is 0.559. The van der Waals surface area contributed by atoms with E-state index in [2.05, 4.69) is 10.3 Å². The molecule has 4 nitrogen and oxygen atoms in total. The van der Waals surface area contributed by atoms with E-state index in [0.29, 0.717) is 36.2 Å². The lowest BCUT2D eigenvalue weighted by Crippen LogP contribution is -3.00. The van der Waals surface area contributed by atoms with Gasteiger partial charge in [-0.15, -0.1) is 0 Å². The summed E-state index contributed by atoms with van der Waals surface area (Å²) in [4.78, 5) is 4.11. The third kappa shape index (κ3) is 6.89. The van der Waals surface area contributed by atoms with Gasteiger partial charge in [-0.1, -0.05) is 29.8 Å². The molecule has 1 heterocycles. The Hall–Kier alpha value is -2.34. The van der Waals surface area contributed by atoms with Crippen molar-refractivity contribution in [2.24, 2.45) is 0 Å². The number of hydrogen-bond acceptors (Lipinski definition) is 4. The van der Waals surface area contributed by atoms with Gasteiger partial charge < -0.3 is 27.2 Å². The minimum atomic E-state index is -0.278. The molecule has 3 aromatic rings. The second-order valence-corrected chi connectivity index (χ2v) is 6.63. The highest BCUT2D eigenvalue weighted by molar-refractivity contribution is 6.32. The Balaban J connectivity index is 0.00000300. The zero-order valence-corrected chi connectivity index (χ0v) is 17.5. The first kappa shape index (κ1) is 22.9. The molecule has 3 rings (SSSR count). The van der Waals surface area contributed by atoms with Crippen molar-refractivity contribution in [3.05, 3.63) is 88.5 Å². The van der Waals surface area contributed by atoms with Crippen molar-refractivity contribution in [2.45, 2.75) is 26.6 Å². The molecule has 29 heavy (non-hydrogen) atoms. The Labute approximate surface area is 181 Å². The van der Waals surface area contributed by atoms with E-state index in [1.807, 2.05) is 37.4 Å². The maximum atomic E-state index is 13.0. The molecular weight excluding hydrogens is 414 g/mol. The van der Waals surface area contributed by atoms with Crippen molar-refractivity contribution < 1.29 is 26.3 Å². The van der Waals surface area contributed by atoms with Gasteiger partial charge in [0.05, 0.1) is 11.6 Å². The van der Waals surface area contributed by atoms with Gasteiger partial charge in [-0.25, -0.2) is 4.39 Å². The minimum Gasteiger partial charge on any atom is -1.00 e. The van der Waals surface area contributed by atoms with Crippen LogP contribution in [0.5, 0.6) is 11.5 Å². The summed E-state index contributed by atoms with van der Waals surface area (Å²) in [6.07, 6.45) is 3.58. The van der Waals surface area contributed by atoms with Crippen molar-refractivity contribution in [1.29, 1.82) is 0 Å². The Morgan fingerprint density at radius 2 is 1.76 bits per heavy atom. The number of nitrogens with one attached hydrogen (secondary N) is 1. The average molecular weight is 436 g/mol. The van der Waals surface area contributed by atoms with Crippen LogP contribution < -0.4 is 27.2 Å². The van der Waals surface area contributed by atoms with Gasteiger partial charge in [-0.3, -0.25) is 4.98 Å². The summed E-state index contributed by atoms with van der Waals surface area (Å²) in [5.74, 6) is 0.805. The SMILES string of the molecule is CCOc1cc(CNCc2cccnc2)cc(Cl)c1OCc1ccc(F)cc1.[Cl-]. The molecule has 0 aliphatic heterocycles. The standard InChI is InChI=1S/C22H22ClFN2O2.ClH/c1-2-27-21-11-18(14-26-13-17-4-3-9-25-12-17)10-20(23)22(21)28-15-16-5-7-19(24)8-6-16;/h3-12,26H,2,13-15H2,1H3;1H/p-1. The molecule has 0 spiro atoms. The lowest BCUT2D eigenvalue weighted by atomic mass is 10.2. The van der Waals surface area contributed by atoms with Gasteiger partial charge in [0.1, 0.15) is 12.4 Å². The van der Waals surface area contributed by atoms with Crippen molar-refractivity contribution in [2.75, 3.05) is 6.61 Å². The molecule has 1 N–H and O–H groups in total. The molecule has 1 aromatic heterocycles. The molecule has 0 fully saturated rings. The summed E-state index contributed by atoms with van der Waals surface area (Å²) in [5.41, 5.74) is 2.95. The number of rotatable bonds is 9. The second-order valence-electron chi connectivity index (χ2n) is 6.22. The van der Waals surface area contributed by atoms with E-state index in [-0.39, 0.29) is 24.8 Å². The van der Waals surface area contributed by atoms with Gasteiger partial charge in [-0.05, 0) is 53.9 Å². The summed E-state index contributed by atoms with van der Waals surface area (Å²) < 4.78 is 24.6. The smallest absolute Gasteiger partial charge is 0.180 e. The van der Waals surface area contributed by atoms with Gasteiger partial charge in [0.15, 0.2) is 11.5 Å². The molecule has 0 atom stereocenters. The van der Waals surface area contributed by atoms with Crippen LogP contribution >= 0.6 is 11.6 Å². The van der Waals surface area contributed by atoms with Crippen LogP contribution in [0.15, 0.2) is 60.9 Å². The van der Waals surface area contributed by atoms with Crippen molar-refractivity contribution in [1.82, 2.24) is 10.3 Å². The van der Waals surface area contributed by atoms with E-state index in [1.54, 1.807) is 18.3 Å². The highest BCUT2D eigenvalue weighted by Gasteiger charge is 2.13. The fraction of sp³-hybridized carbons (Fsp3) is 0.227. The zero-order valence-electron chi connectivity index (χ0n) is 16.0. The van der Waals surface area contributed by atoms with Crippen molar-refractivity contribution in [3.8, 4) is 11.5 Å². The van der Waals surface area contributed by atoms with Gasteiger partial charge in [0.2, 0.25) is 0 Å². The molecule has 0 aliphatic rings. The molecular formula is C22H22Cl2FN2O2-. The lowest BCUT2D eigenvalue weighted by molar-refractivity contribution is -0.00000705. The van der Waals surface area contributed by atoms with Crippen molar-refractivity contribution >= 4 is 11.6 Å². The molecule has 0 saturated carbocycles. The molecule has 0 amide bonds. The minimum absolute atomic E-state index is 0. The van der Waals surface area contributed by atoms with E-state index in [9.17, 15) is 4.39 Å². The first-order valence-electron chi connectivity index (χ1n) is 9.07. The molecule has 0 saturated heterocycles. The maximum Gasteiger partial charge on any atom is 0.180 e. The Morgan fingerprint density at radius 3 is 2.45 bits per heavy atom. The highest BCUT2D eigenvalue weighted by atomic mass is 35.5. The Bertz CT molecular complexity index is 893. The monoisotopic (exact) mass is 435 g/mol. The van der Waals surface area contributed by atoms with Crippen LogP contribution in [0.2, 0.25) is 5.02 Å². The molecule has 0 unspecified atom stereocenters. The Morgan fingerprint density at radius 1 is 1.00 bits per heavy atom. The molecule has 0 bridgehead atoms. The highest BCUT2D eigenvalue weighted by Crippen LogP contribution is 2.37. The topological polar surface area (TPSA) is 43.4 Å². The normalized spacial score (nSPS) is 10.3. The number of aromatic nitrogens is 1. The van der Waals surface area contributed by atoms with Gasteiger partial charge >= 0.3 is 0 Å². The number of halogens is 3. The number of benzene rings is 2. The van der Waals surface area contributed by atoms with Crippen LogP contribution in [0.1, 0.15) is 23.6 Å². The fourth-order valence-corrected chi connectivity index (χ4v) is 3.00. The van der Waals surface area contributed by atoms with E-state index < -0.39 is 0 Å². The fourth-order valence-electron chi connectivity index (χ4n) is 2.72. The zero-order chi connectivity index (χ0) is 19.8. The van der Waals surface area contributed by atoms with Crippen molar-refractivity contribution in [3.63, 3.8) is 0 Å². The van der Waals surface area contributed by atoms with Crippen LogP contribution in [-0.4, -0.2) is 11.6 Å². The number of nitrogens with zero attached hydrogens (tertiary/aromatic N) is 1. The summed E-state index contributed by atoms with van der Waals surface area (Å²) in [7, 11) is 0. The van der Waals surface area contributed by atoms with Crippen LogP contribution in [-0.2, 0) is 19.7 Å². The summed E-state index contributed by atoms with van der Waals surface area (Å²) in [5, 5.41) is 3.84. The molecule has 0 radical (unpaired) electrons. The molecule has 2 aromatic carbocycles. The largest absolute Gasteiger partial charge is 1.00 e. The van der Waals surface area contributed by atoms with E-state index in [1.165, 1.54) is 12.1 Å². The van der Waals surface area contributed by atoms with Gasteiger partial charge in [-0.2, -0.15) is 0 Å². The maximum absolute atomic E-state index is 13.0. The van der Waals surface area contributed by atoms with Crippen LogP contribution in [0.4, 0.5) is 4.39 Å². The number of pyridine rings is 1. The second kappa shape index (κ2) is 11.6. The lowest BCUT2D eigenvalue weighted by Gasteiger charge is -2.16. The predicted octanol–water partition coefficient (Wildman–Crippen LogP) is 2.15. The van der Waals surface area contributed by atoms with Crippen LogP contribution in [0.3, 0.4) is 0 Å².